The maximum absolute atomic E-state index is 4.99. The lowest BCUT2D eigenvalue weighted by atomic mass is 9.69. The topological polar surface area (TPSA) is 51.6 Å². The molecule has 4 nitrogen and oxygen atoms in total. The molecule has 6 aromatic carbocycles. The molecule has 0 bridgehead atoms. The summed E-state index contributed by atoms with van der Waals surface area (Å²) in [5.41, 5.74) is 11.7. The molecule has 0 amide bonds. The van der Waals surface area contributed by atoms with Crippen LogP contribution in [0.1, 0.15) is 22.4 Å². The van der Waals surface area contributed by atoms with Crippen molar-refractivity contribution in [2.24, 2.45) is 0 Å². The zero-order chi connectivity index (χ0) is 32.6. The molecule has 2 heterocycles. The maximum atomic E-state index is 4.99. The van der Waals surface area contributed by atoms with Crippen LogP contribution in [0, 0.1) is 0 Å². The molecule has 1 unspecified atom stereocenters. The number of rotatable bonds is 6. The summed E-state index contributed by atoms with van der Waals surface area (Å²) < 4.78 is 0. The van der Waals surface area contributed by atoms with Crippen LogP contribution in [-0.2, 0) is 5.41 Å². The maximum Gasteiger partial charge on any atom is 0.164 e. The third-order valence-corrected chi connectivity index (χ3v) is 9.48. The lowest BCUT2D eigenvalue weighted by Gasteiger charge is -2.32. The lowest BCUT2D eigenvalue weighted by Crippen LogP contribution is -2.29. The zero-order valence-electron chi connectivity index (χ0n) is 26.6. The van der Waals surface area contributed by atoms with Crippen LogP contribution in [0.5, 0.6) is 0 Å². The fourth-order valence-corrected chi connectivity index (χ4v) is 7.31. The van der Waals surface area contributed by atoms with Gasteiger partial charge in [-0.15, -0.1) is 0 Å². The van der Waals surface area contributed by atoms with Crippen LogP contribution in [0.25, 0.3) is 56.4 Å². The molecule has 2 aromatic heterocycles. The van der Waals surface area contributed by atoms with Gasteiger partial charge in [0.1, 0.15) is 0 Å². The second kappa shape index (κ2) is 11.9. The highest BCUT2D eigenvalue weighted by molar-refractivity contribution is 5.95. The van der Waals surface area contributed by atoms with Crippen LogP contribution in [0.4, 0.5) is 0 Å². The van der Waals surface area contributed by atoms with Gasteiger partial charge in [-0.1, -0.05) is 164 Å². The second-order valence-corrected chi connectivity index (χ2v) is 12.2. The van der Waals surface area contributed by atoms with E-state index in [0.717, 1.165) is 27.9 Å². The predicted molar refractivity (Wildman–Crippen MR) is 197 cm³/mol. The highest BCUT2D eigenvalue weighted by Crippen LogP contribution is 2.57. The van der Waals surface area contributed by atoms with E-state index < -0.39 is 5.41 Å². The quantitative estimate of drug-likeness (QED) is 0.184. The molecule has 230 valence electrons. The largest absolute Gasteiger partial charge is 0.260 e. The Morgan fingerprint density at radius 1 is 0.347 bits per heavy atom. The molecule has 4 heteroatoms. The van der Waals surface area contributed by atoms with Crippen molar-refractivity contribution < 1.29 is 0 Å². The van der Waals surface area contributed by atoms with Gasteiger partial charge in [0.05, 0.1) is 11.1 Å². The fourth-order valence-electron chi connectivity index (χ4n) is 7.31. The number of fused-ring (bicyclic) bond motifs is 3. The Balaban J connectivity index is 1.20. The van der Waals surface area contributed by atoms with Crippen molar-refractivity contribution >= 4 is 0 Å². The van der Waals surface area contributed by atoms with Gasteiger partial charge in [0.15, 0.2) is 17.5 Å². The van der Waals surface area contributed by atoms with Crippen LogP contribution in [0.15, 0.2) is 182 Å². The van der Waals surface area contributed by atoms with Gasteiger partial charge < -0.3 is 0 Å². The van der Waals surface area contributed by atoms with Crippen molar-refractivity contribution in [2.75, 3.05) is 0 Å². The Kier molecular flexibility index (Phi) is 6.98. The van der Waals surface area contributed by atoms with Crippen LogP contribution < -0.4 is 0 Å². The Morgan fingerprint density at radius 3 is 1.45 bits per heavy atom. The van der Waals surface area contributed by atoms with E-state index in [0.29, 0.717) is 17.5 Å². The van der Waals surface area contributed by atoms with Crippen molar-refractivity contribution in [3.8, 4) is 56.4 Å². The van der Waals surface area contributed by atoms with E-state index >= 15 is 0 Å². The summed E-state index contributed by atoms with van der Waals surface area (Å²) in [6, 6.07) is 61.3. The van der Waals surface area contributed by atoms with E-state index in [2.05, 4.69) is 109 Å². The average molecular weight is 627 g/mol. The van der Waals surface area contributed by atoms with Crippen molar-refractivity contribution in [1.82, 2.24) is 19.9 Å². The molecule has 1 atom stereocenters. The standard InChI is InChI=1S/C45H30N4/c1-4-15-32(16-5-1)42-47-43(33-17-6-2-7-18-33)49-44(48-42)34-28-26-31(27-29-34)36-22-14-24-39-41(36)37-21-10-11-23-38(37)45(39,35-19-8-3-9-20-35)40-25-12-13-30-46-40/h1-30H. The molecule has 0 fully saturated rings. The number of benzene rings is 6. The predicted octanol–water partition coefficient (Wildman–Crippen LogP) is 10.3. The monoisotopic (exact) mass is 626 g/mol. The smallest absolute Gasteiger partial charge is 0.164 e. The van der Waals surface area contributed by atoms with Crippen LogP contribution in [0.2, 0.25) is 0 Å². The summed E-state index contributed by atoms with van der Waals surface area (Å²) in [7, 11) is 0. The van der Waals surface area contributed by atoms with E-state index in [1.54, 1.807) is 0 Å². The Bertz CT molecular complexity index is 2310. The van der Waals surface area contributed by atoms with E-state index in [1.807, 2.05) is 72.9 Å². The summed E-state index contributed by atoms with van der Waals surface area (Å²) in [6.07, 6.45) is 1.90. The first-order valence-electron chi connectivity index (χ1n) is 16.5. The summed E-state index contributed by atoms with van der Waals surface area (Å²) in [4.78, 5) is 19.7. The Labute approximate surface area is 285 Å². The van der Waals surface area contributed by atoms with Gasteiger partial charge >= 0.3 is 0 Å². The second-order valence-electron chi connectivity index (χ2n) is 12.2. The Morgan fingerprint density at radius 2 is 0.837 bits per heavy atom. The summed E-state index contributed by atoms with van der Waals surface area (Å²) in [5, 5.41) is 0. The Hall–Kier alpha value is -6.52. The molecule has 49 heavy (non-hydrogen) atoms. The van der Waals surface area contributed by atoms with Crippen LogP contribution in [0.3, 0.4) is 0 Å². The molecule has 0 saturated heterocycles. The first-order valence-corrected chi connectivity index (χ1v) is 16.5. The van der Waals surface area contributed by atoms with E-state index in [1.165, 1.54) is 33.4 Å². The number of hydrogen-bond acceptors (Lipinski definition) is 4. The first-order chi connectivity index (χ1) is 24.3. The minimum absolute atomic E-state index is 0.545. The van der Waals surface area contributed by atoms with Gasteiger partial charge in [0.25, 0.3) is 0 Å². The van der Waals surface area contributed by atoms with Gasteiger partial charge in [-0.3, -0.25) is 4.98 Å². The number of hydrogen-bond donors (Lipinski definition) is 0. The van der Waals surface area contributed by atoms with Crippen LogP contribution in [-0.4, -0.2) is 19.9 Å². The molecular formula is C45H30N4. The SMILES string of the molecule is c1ccc(-c2nc(-c3ccccc3)nc(-c3ccc(-c4cccc5c4-c4ccccc4C5(c4ccccc4)c4ccccn4)cc3)n2)cc1. The number of nitrogens with zero attached hydrogens (tertiary/aromatic N) is 4. The summed E-state index contributed by atoms with van der Waals surface area (Å²) in [6.45, 7) is 0. The van der Waals surface area contributed by atoms with Crippen molar-refractivity contribution in [2.45, 2.75) is 5.41 Å². The number of aromatic nitrogens is 4. The number of pyridine rings is 1. The fraction of sp³-hybridized carbons (Fsp3) is 0.0222. The van der Waals surface area contributed by atoms with Gasteiger partial charge in [0.2, 0.25) is 0 Å². The lowest BCUT2D eigenvalue weighted by molar-refractivity contribution is 0.735. The third-order valence-electron chi connectivity index (χ3n) is 9.48. The minimum atomic E-state index is -0.545. The van der Waals surface area contributed by atoms with Gasteiger partial charge in [-0.05, 0) is 51.1 Å². The molecule has 1 aliphatic rings. The van der Waals surface area contributed by atoms with Crippen molar-refractivity contribution in [3.63, 3.8) is 0 Å². The minimum Gasteiger partial charge on any atom is -0.260 e. The van der Waals surface area contributed by atoms with Crippen LogP contribution >= 0.6 is 0 Å². The van der Waals surface area contributed by atoms with E-state index in [4.69, 9.17) is 19.9 Å². The van der Waals surface area contributed by atoms with E-state index in [-0.39, 0.29) is 0 Å². The molecule has 8 aromatic rings. The van der Waals surface area contributed by atoms with Gasteiger partial charge in [-0.2, -0.15) is 0 Å². The first kappa shape index (κ1) is 28.7. The third kappa shape index (κ3) is 4.77. The van der Waals surface area contributed by atoms with Crippen molar-refractivity contribution in [3.05, 3.63) is 205 Å². The van der Waals surface area contributed by atoms with E-state index in [9.17, 15) is 0 Å². The van der Waals surface area contributed by atoms with Gasteiger partial charge in [0, 0.05) is 22.9 Å². The molecular weight excluding hydrogens is 597 g/mol. The molecule has 0 spiro atoms. The van der Waals surface area contributed by atoms with Crippen molar-refractivity contribution in [1.29, 1.82) is 0 Å². The summed E-state index contributed by atoms with van der Waals surface area (Å²) >= 11 is 0. The molecule has 9 rings (SSSR count). The highest BCUT2D eigenvalue weighted by atomic mass is 15.0. The highest BCUT2D eigenvalue weighted by Gasteiger charge is 2.47. The van der Waals surface area contributed by atoms with Gasteiger partial charge in [-0.25, -0.2) is 15.0 Å². The molecule has 0 radical (unpaired) electrons. The molecule has 0 N–H and O–H groups in total. The molecule has 1 aliphatic carbocycles. The molecule has 0 aliphatic heterocycles. The molecule has 0 saturated carbocycles. The zero-order valence-corrected chi connectivity index (χ0v) is 26.6. The summed E-state index contributed by atoms with van der Waals surface area (Å²) in [5.74, 6) is 1.94. The normalized spacial score (nSPS) is 14.6. The average Bonchev–Trinajstić information content (AvgIpc) is 3.50.